The third-order valence-electron chi connectivity index (χ3n) is 6.33. The van der Waals surface area contributed by atoms with Crippen LogP contribution < -0.4 is 15.5 Å². The maximum Gasteiger partial charge on any atom is 0.255 e. The van der Waals surface area contributed by atoms with Crippen molar-refractivity contribution >= 4 is 59.3 Å². The number of anilines is 3. The van der Waals surface area contributed by atoms with E-state index in [0.717, 1.165) is 42.9 Å². The van der Waals surface area contributed by atoms with Crippen LogP contribution in [0.5, 0.6) is 0 Å². The second-order valence-corrected chi connectivity index (χ2v) is 9.92. The number of hydrogen-bond donors (Lipinski definition) is 2. The van der Waals surface area contributed by atoms with Crippen molar-refractivity contribution in [1.82, 2.24) is 9.80 Å². The van der Waals surface area contributed by atoms with E-state index in [9.17, 15) is 18.8 Å². The van der Waals surface area contributed by atoms with Gasteiger partial charge < -0.3 is 30.0 Å². The highest BCUT2D eigenvalue weighted by atomic mass is 35.5. The monoisotopic (exact) mass is 660 g/mol. The number of benzene rings is 2. The number of nitrogens with one attached hydrogen (secondary N) is 2. The molecule has 0 bridgehead atoms. The van der Waals surface area contributed by atoms with Crippen LogP contribution in [0.15, 0.2) is 35.3 Å². The standard InChI is InChI=1S/C26H34ClFN6O2.C3H6O.C2H6.C2H2.CH2O/c1-17(19-7-6-8-20(25(19)29-3)26(36)32(4)5)30-9-10-33-11-13-34(14-12-33)24-15-21(27)23(16-22(24)28)31-18(2)35;1-2-3-4;3*1-2/h6-8,15-16,29H,9-14H2,1-5H3,(H,31,35);3H,2H2,1H3;1-2H3;1-2H;1H2. The molecule has 0 saturated carbocycles. The summed E-state index contributed by atoms with van der Waals surface area (Å²) in [5.74, 6) is -0.769. The van der Waals surface area contributed by atoms with E-state index in [0.29, 0.717) is 42.3 Å². The van der Waals surface area contributed by atoms with Crippen molar-refractivity contribution in [3.05, 3.63) is 52.3 Å². The van der Waals surface area contributed by atoms with Gasteiger partial charge in [0, 0.05) is 84.6 Å². The van der Waals surface area contributed by atoms with Gasteiger partial charge in [-0.3, -0.25) is 19.5 Å². The number of amides is 2. The third kappa shape index (κ3) is 14.2. The molecule has 12 heteroatoms. The van der Waals surface area contributed by atoms with E-state index in [1.54, 1.807) is 32.1 Å². The minimum absolute atomic E-state index is 0.0608. The van der Waals surface area contributed by atoms with Crippen LogP contribution in [0.1, 0.15) is 57.0 Å². The molecule has 10 nitrogen and oxygen atoms in total. The van der Waals surface area contributed by atoms with Crippen LogP contribution in [0.25, 0.3) is 0 Å². The van der Waals surface area contributed by atoms with Gasteiger partial charge in [-0.2, -0.15) is 0 Å². The van der Waals surface area contributed by atoms with E-state index in [1.165, 1.54) is 13.0 Å². The zero-order valence-corrected chi connectivity index (χ0v) is 29.2. The maximum atomic E-state index is 14.7. The molecule has 0 aliphatic carbocycles. The number of hydrogen-bond acceptors (Lipinski definition) is 8. The fraction of sp³-hybridized carbons (Fsp3) is 0.441. The van der Waals surface area contributed by atoms with E-state index in [4.69, 9.17) is 21.4 Å². The molecule has 1 aliphatic heterocycles. The molecule has 3 rings (SSSR count). The smallest absolute Gasteiger partial charge is 0.255 e. The number of para-hydroxylation sites is 1. The van der Waals surface area contributed by atoms with Gasteiger partial charge in [0.2, 0.25) is 5.91 Å². The molecule has 1 saturated heterocycles. The topological polar surface area (TPSA) is 114 Å². The number of rotatable bonds is 9. The number of carbonyl (C=O) groups is 4. The molecule has 2 aromatic carbocycles. The molecular formula is C34H50ClFN6O4. The Labute approximate surface area is 279 Å². The Balaban J connectivity index is 0. The van der Waals surface area contributed by atoms with Gasteiger partial charge in [0.05, 0.1) is 34.2 Å². The van der Waals surface area contributed by atoms with Crippen molar-refractivity contribution in [2.24, 2.45) is 4.99 Å². The molecule has 254 valence electrons. The summed E-state index contributed by atoms with van der Waals surface area (Å²) in [6, 6.07) is 8.49. The number of terminal acetylenes is 1. The van der Waals surface area contributed by atoms with Crippen molar-refractivity contribution in [3.63, 3.8) is 0 Å². The van der Waals surface area contributed by atoms with Crippen LogP contribution >= 0.6 is 11.6 Å². The first kappa shape index (κ1) is 43.9. The van der Waals surface area contributed by atoms with E-state index in [2.05, 4.69) is 28.4 Å². The normalized spacial score (nSPS) is 12.2. The number of piperazine rings is 1. The molecule has 2 amide bonds. The van der Waals surface area contributed by atoms with Gasteiger partial charge in [-0.05, 0) is 19.1 Å². The van der Waals surface area contributed by atoms with Gasteiger partial charge in [0.1, 0.15) is 18.9 Å². The number of aliphatic imine (C=N–C) groups is 1. The second kappa shape index (κ2) is 25.0. The van der Waals surface area contributed by atoms with Gasteiger partial charge in [-0.15, -0.1) is 12.8 Å². The molecule has 46 heavy (non-hydrogen) atoms. The van der Waals surface area contributed by atoms with Crippen molar-refractivity contribution in [3.8, 4) is 12.8 Å². The van der Waals surface area contributed by atoms with Gasteiger partial charge >= 0.3 is 0 Å². The lowest BCUT2D eigenvalue weighted by atomic mass is 10.0. The van der Waals surface area contributed by atoms with Gasteiger partial charge in [-0.25, -0.2) is 4.39 Å². The highest BCUT2D eigenvalue weighted by molar-refractivity contribution is 6.34. The maximum absolute atomic E-state index is 14.7. The van der Waals surface area contributed by atoms with Crippen molar-refractivity contribution in [2.75, 3.05) is 75.9 Å². The summed E-state index contributed by atoms with van der Waals surface area (Å²) in [6.07, 6.45) is 9.51. The lowest BCUT2D eigenvalue weighted by Gasteiger charge is -2.36. The van der Waals surface area contributed by atoms with Gasteiger partial charge in [-0.1, -0.05) is 44.5 Å². The van der Waals surface area contributed by atoms with Crippen LogP contribution in [0, 0.1) is 18.7 Å². The Morgan fingerprint density at radius 1 is 1.09 bits per heavy atom. The predicted octanol–water partition coefficient (Wildman–Crippen LogP) is 5.50. The Morgan fingerprint density at radius 2 is 1.63 bits per heavy atom. The van der Waals surface area contributed by atoms with Crippen molar-refractivity contribution in [2.45, 2.75) is 41.0 Å². The summed E-state index contributed by atoms with van der Waals surface area (Å²) in [6.45, 7) is 15.4. The van der Waals surface area contributed by atoms with Crippen LogP contribution in [-0.4, -0.2) is 101 Å². The molecule has 1 aliphatic rings. The molecular weight excluding hydrogens is 611 g/mol. The minimum Gasteiger partial charge on any atom is -0.387 e. The molecule has 0 spiro atoms. The summed E-state index contributed by atoms with van der Waals surface area (Å²) in [5.41, 5.74) is 3.87. The van der Waals surface area contributed by atoms with E-state index in [-0.39, 0.29) is 17.5 Å². The summed E-state index contributed by atoms with van der Waals surface area (Å²) in [5, 5.41) is 6.01. The van der Waals surface area contributed by atoms with Gasteiger partial charge in [0.25, 0.3) is 5.91 Å². The average Bonchev–Trinajstić information content (AvgIpc) is 3.08. The minimum atomic E-state index is -0.410. The zero-order valence-electron chi connectivity index (χ0n) is 28.5. The quantitative estimate of drug-likeness (QED) is 0.207. The summed E-state index contributed by atoms with van der Waals surface area (Å²) >= 11 is 6.25. The SMILES string of the molecule is C#C.C=O.CC.CCC=O.CNc1c(C(=O)N(C)C)cccc1C(C)=NCCN1CCN(c2cc(Cl)c(NC(C)=O)cc2F)CC1. The van der Waals surface area contributed by atoms with Crippen LogP contribution in [0.4, 0.5) is 21.5 Å². The lowest BCUT2D eigenvalue weighted by Crippen LogP contribution is -2.47. The first-order valence-electron chi connectivity index (χ1n) is 14.9. The average molecular weight is 661 g/mol. The molecule has 1 fully saturated rings. The van der Waals surface area contributed by atoms with Crippen LogP contribution in [0.3, 0.4) is 0 Å². The van der Waals surface area contributed by atoms with E-state index < -0.39 is 5.82 Å². The van der Waals surface area contributed by atoms with Crippen molar-refractivity contribution < 1.29 is 23.6 Å². The number of carbonyl (C=O) groups excluding carboxylic acids is 4. The summed E-state index contributed by atoms with van der Waals surface area (Å²) < 4.78 is 14.7. The third-order valence-corrected chi connectivity index (χ3v) is 6.65. The number of halogens is 2. The molecule has 1 heterocycles. The Morgan fingerprint density at radius 3 is 2.11 bits per heavy atom. The first-order valence-corrected chi connectivity index (χ1v) is 15.2. The van der Waals surface area contributed by atoms with E-state index >= 15 is 0 Å². The molecule has 0 aromatic heterocycles. The predicted molar refractivity (Wildman–Crippen MR) is 190 cm³/mol. The molecule has 0 unspecified atom stereocenters. The fourth-order valence-corrected chi connectivity index (χ4v) is 4.47. The fourth-order valence-electron chi connectivity index (χ4n) is 4.26. The Hall–Kier alpha value is -4.27. The number of aldehydes is 1. The summed E-state index contributed by atoms with van der Waals surface area (Å²) in [7, 11) is 5.28. The second-order valence-electron chi connectivity index (χ2n) is 9.51. The van der Waals surface area contributed by atoms with Crippen molar-refractivity contribution in [1.29, 1.82) is 0 Å². The number of nitrogens with zero attached hydrogens (tertiary/aromatic N) is 4. The molecule has 0 atom stereocenters. The molecule has 0 radical (unpaired) electrons. The first-order chi connectivity index (χ1) is 22.0. The zero-order chi connectivity index (χ0) is 35.8. The Bertz CT molecular complexity index is 1280. The highest BCUT2D eigenvalue weighted by Crippen LogP contribution is 2.31. The molecule has 2 aromatic rings. The lowest BCUT2D eigenvalue weighted by molar-refractivity contribution is -0.114. The van der Waals surface area contributed by atoms with Crippen LogP contribution in [-0.2, 0) is 14.4 Å². The molecule has 2 N–H and O–H groups in total. The highest BCUT2D eigenvalue weighted by Gasteiger charge is 2.21. The Kier molecular flexibility index (Phi) is 23.8. The van der Waals surface area contributed by atoms with Gasteiger partial charge in [0.15, 0.2) is 0 Å². The largest absolute Gasteiger partial charge is 0.387 e. The van der Waals surface area contributed by atoms with E-state index in [1.807, 2.05) is 57.6 Å². The summed E-state index contributed by atoms with van der Waals surface area (Å²) in [4.78, 5) is 51.6. The van der Waals surface area contributed by atoms with Crippen LogP contribution in [0.2, 0.25) is 5.02 Å².